The predicted octanol–water partition coefficient (Wildman–Crippen LogP) is 2.80. The van der Waals surface area contributed by atoms with E-state index in [4.69, 9.17) is 5.73 Å². The first-order valence-corrected chi connectivity index (χ1v) is 5.23. The molecule has 80 valence electrons. The number of nitrogens with two attached hydrogens (primary N) is 1. The molecule has 2 nitrogen and oxygen atoms in total. The minimum Gasteiger partial charge on any atom is -0.366 e. The molecule has 0 fully saturated rings. The number of rotatable bonds is 6. The Hall–Kier alpha value is -1.05. The molecule has 0 aromatic rings. The molecule has 0 aliphatic rings. The van der Waals surface area contributed by atoms with Crippen LogP contribution in [0.25, 0.3) is 0 Å². The summed E-state index contributed by atoms with van der Waals surface area (Å²) in [6.07, 6.45) is 8.74. The Morgan fingerprint density at radius 1 is 1.43 bits per heavy atom. The molecule has 2 heteroatoms. The fourth-order valence-electron chi connectivity index (χ4n) is 1.14. The van der Waals surface area contributed by atoms with Crippen LogP contribution in [0.15, 0.2) is 23.8 Å². The summed E-state index contributed by atoms with van der Waals surface area (Å²) in [5.74, 6) is 0.160. The van der Waals surface area contributed by atoms with Gasteiger partial charge in [-0.05, 0) is 18.8 Å². The first kappa shape index (κ1) is 12.9. The highest BCUT2D eigenvalue weighted by molar-refractivity contribution is 5.92. The molecule has 0 saturated carbocycles. The van der Waals surface area contributed by atoms with Gasteiger partial charge in [-0.2, -0.15) is 0 Å². The molecular formula is C12H21NO. The molecule has 0 rings (SSSR count). The van der Waals surface area contributed by atoms with Gasteiger partial charge in [0.05, 0.1) is 0 Å². The van der Waals surface area contributed by atoms with E-state index in [-0.39, 0.29) is 5.91 Å². The fraction of sp³-hybridized carbons (Fsp3) is 0.583. The lowest BCUT2D eigenvalue weighted by atomic mass is 10.0. The topological polar surface area (TPSA) is 43.1 Å². The molecule has 0 bridgehead atoms. The largest absolute Gasteiger partial charge is 0.366 e. The summed E-state index contributed by atoms with van der Waals surface area (Å²) in [5, 5.41) is 0. The van der Waals surface area contributed by atoms with E-state index in [1.165, 1.54) is 0 Å². The number of hydrogen-bond donors (Lipinski definition) is 1. The third-order valence-corrected chi connectivity index (χ3v) is 1.83. The van der Waals surface area contributed by atoms with E-state index in [0.29, 0.717) is 11.5 Å². The summed E-state index contributed by atoms with van der Waals surface area (Å²) >= 11 is 0. The van der Waals surface area contributed by atoms with Gasteiger partial charge < -0.3 is 5.73 Å². The summed E-state index contributed by atoms with van der Waals surface area (Å²) in [6, 6.07) is 0. The standard InChI is InChI=1S/C12H21NO/c1-4-5-6-7-8-11(12(13)14)9-10(2)3/h6-8,10H,4-5,9H2,1-3H3,(H2,13,14). The van der Waals surface area contributed by atoms with Crippen LogP contribution in [-0.4, -0.2) is 5.91 Å². The summed E-state index contributed by atoms with van der Waals surface area (Å²) < 4.78 is 0. The van der Waals surface area contributed by atoms with E-state index in [2.05, 4.69) is 26.8 Å². The van der Waals surface area contributed by atoms with Crippen molar-refractivity contribution in [3.8, 4) is 0 Å². The van der Waals surface area contributed by atoms with Crippen LogP contribution < -0.4 is 5.73 Å². The number of carbonyl (C=O) groups excluding carboxylic acids is 1. The van der Waals surface area contributed by atoms with Gasteiger partial charge in [-0.3, -0.25) is 4.79 Å². The van der Waals surface area contributed by atoms with Crippen LogP contribution in [0.3, 0.4) is 0 Å². The lowest BCUT2D eigenvalue weighted by Crippen LogP contribution is -2.15. The molecule has 0 aliphatic heterocycles. The number of primary amides is 1. The average molecular weight is 195 g/mol. The van der Waals surface area contributed by atoms with Crippen molar-refractivity contribution in [3.63, 3.8) is 0 Å². The molecule has 0 aromatic carbocycles. The number of allylic oxidation sites excluding steroid dienone is 3. The van der Waals surface area contributed by atoms with E-state index < -0.39 is 0 Å². The van der Waals surface area contributed by atoms with Crippen molar-refractivity contribution in [2.24, 2.45) is 11.7 Å². The van der Waals surface area contributed by atoms with Crippen LogP contribution in [0.1, 0.15) is 40.0 Å². The van der Waals surface area contributed by atoms with Crippen molar-refractivity contribution in [2.75, 3.05) is 0 Å². The Bertz CT molecular complexity index is 226. The monoisotopic (exact) mass is 195 g/mol. The predicted molar refractivity (Wildman–Crippen MR) is 60.8 cm³/mol. The SMILES string of the molecule is CCCC=CC=C(CC(C)C)C(N)=O. The third kappa shape index (κ3) is 6.46. The lowest BCUT2D eigenvalue weighted by molar-refractivity contribution is -0.114. The van der Waals surface area contributed by atoms with Crippen molar-refractivity contribution < 1.29 is 4.79 Å². The molecule has 0 atom stereocenters. The van der Waals surface area contributed by atoms with Gasteiger partial charge in [0.25, 0.3) is 0 Å². The average Bonchev–Trinajstić information content (AvgIpc) is 2.09. The Balaban J connectivity index is 4.26. The first-order chi connectivity index (χ1) is 6.57. The summed E-state index contributed by atoms with van der Waals surface area (Å²) in [6.45, 7) is 6.27. The van der Waals surface area contributed by atoms with Crippen molar-refractivity contribution in [1.82, 2.24) is 0 Å². The number of hydrogen-bond acceptors (Lipinski definition) is 1. The van der Waals surface area contributed by atoms with E-state index >= 15 is 0 Å². The highest BCUT2D eigenvalue weighted by Gasteiger charge is 2.05. The van der Waals surface area contributed by atoms with E-state index in [0.717, 1.165) is 19.3 Å². The van der Waals surface area contributed by atoms with Crippen molar-refractivity contribution >= 4 is 5.91 Å². The van der Waals surface area contributed by atoms with Crippen LogP contribution in [0.5, 0.6) is 0 Å². The van der Waals surface area contributed by atoms with Crippen LogP contribution in [-0.2, 0) is 4.79 Å². The van der Waals surface area contributed by atoms with Gasteiger partial charge >= 0.3 is 0 Å². The Labute approximate surface area is 86.9 Å². The summed E-state index contributed by atoms with van der Waals surface area (Å²) in [7, 11) is 0. The van der Waals surface area contributed by atoms with E-state index in [1.807, 2.05) is 12.2 Å². The minimum atomic E-state index is -0.306. The maximum absolute atomic E-state index is 11.0. The lowest BCUT2D eigenvalue weighted by Gasteiger charge is -2.04. The zero-order valence-corrected chi connectivity index (χ0v) is 9.42. The fourth-order valence-corrected chi connectivity index (χ4v) is 1.14. The van der Waals surface area contributed by atoms with Crippen LogP contribution in [0, 0.1) is 5.92 Å². The Kier molecular flexibility index (Phi) is 6.81. The van der Waals surface area contributed by atoms with Crippen molar-refractivity contribution in [1.29, 1.82) is 0 Å². The highest BCUT2D eigenvalue weighted by Crippen LogP contribution is 2.10. The van der Waals surface area contributed by atoms with Crippen LogP contribution in [0.2, 0.25) is 0 Å². The highest BCUT2D eigenvalue weighted by atomic mass is 16.1. The van der Waals surface area contributed by atoms with E-state index in [1.54, 1.807) is 0 Å². The van der Waals surface area contributed by atoms with Gasteiger partial charge in [-0.1, -0.05) is 45.4 Å². The van der Waals surface area contributed by atoms with Gasteiger partial charge in [0.15, 0.2) is 0 Å². The van der Waals surface area contributed by atoms with Gasteiger partial charge in [0.1, 0.15) is 0 Å². The molecule has 1 amide bonds. The van der Waals surface area contributed by atoms with Crippen molar-refractivity contribution in [2.45, 2.75) is 40.0 Å². The molecule has 14 heavy (non-hydrogen) atoms. The molecule has 0 aromatic heterocycles. The maximum Gasteiger partial charge on any atom is 0.244 e. The third-order valence-electron chi connectivity index (χ3n) is 1.83. The quantitative estimate of drug-likeness (QED) is 0.514. The zero-order valence-electron chi connectivity index (χ0n) is 9.42. The van der Waals surface area contributed by atoms with Gasteiger partial charge in [0, 0.05) is 5.57 Å². The Morgan fingerprint density at radius 3 is 2.50 bits per heavy atom. The van der Waals surface area contributed by atoms with Crippen LogP contribution >= 0.6 is 0 Å². The second kappa shape index (κ2) is 7.36. The first-order valence-electron chi connectivity index (χ1n) is 5.23. The molecule has 2 N–H and O–H groups in total. The zero-order chi connectivity index (χ0) is 11.0. The van der Waals surface area contributed by atoms with Crippen molar-refractivity contribution in [3.05, 3.63) is 23.8 Å². The summed E-state index contributed by atoms with van der Waals surface area (Å²) in [4.78, 5) is 11.0. The molecule has 0 unspecified atom stereocenters. The Morgan fingerprint density at radius 2 is 2.07 bits per heavy atom. The number of amides is 1. The number of carbonyl (C=O) groups is 1. The molecule has 0 spiro atoms. The molecule has 0 heterocycles. The molecular weight excluding hydrogens is 174 g/mol. The second-order valence-electron chi connectivity index (χ2n) is 3.87. The normalized spacial score (nSPS) is 12.7. The van der Waals surface area contributed by atoms with E-state index in [9.17, 15) is 4.79 Å². The summed E-state index contributed by atoms with van der Waals surface area (Å²) in [5.41, 5.74) is 5.97. The van der Waals surface area contributed by atoms with Gasteiger partial charge in [0.2, 0.25) is 5.91 Å². The maximum atomic E-state index is 11.0. The van der Waals surface area contributed by atoms with Crippen LogP contribution in [0.4, 0.5) is 0 Å². The second-order valence-corrected chi connectivity index (χ2v) is 3.87. The number of unbranched alkanes of at least 4 members (excludes halogenated alkanes) is 1. The molecule has 0 aliphatic carbocycles. The molecule has 0 saturated heterocycles. The minimum absolute atomic E-state index is 0.306. The smallest absolute Gasteiger partial charge is 0.244 e. The van der Waals surface area contributed by atoms with Gasteiger partial charge in [-0.25, -0.2) is 0 Å². The van der Waals surface area contributed by atoms with Gasteiger partial charge in [-0.15, -0.1) is 0 Å². The molecule has 0 radical (unpaired) electrons.